The summed E-state index contributed by atoms with van der Waals surface area (Å²) in [4.78, 5) is 14.5. The Kier molecular flexibility index (Phi) is 7.40. The molecular formula is C18H29N3O3S. The van der Waals surface area contributed by atoms with E-state index in [1.165, 1.54) is 16.1 Å². The molecule has 2 rings (SSSR count). The molecule has 0 spiro atoms. The molecule has 0 saturated carbocycles. The number of benzene rings is 1. The number of sulfonamides is 1. The van der Waals surface area contributed by atoms with Gasteiger partial charge in [0.05, 0.1) is 12.2 Å². The number of piperidine rings is 1. The van der Waals surface area contributed by atoms with Crippen molar-refractivity contribution in [2.45, 2.75) is 25.8 Å². The van der Waals surface area contributed by atoms with E-state index in [9.17, 15) is 13.2 Å². The van der Waals surface area contributed by atoms with Crippen LogP contribution >= 0.6 is 0 Å². The third-order valence-electron chi connectivity index (χ3n) is 4.54. The Morgan fingerprint density at radius 2 is 2.04 bits per heavy atom. The van der Waals surface area contributed by atoms with Crippen molar-refractivity contribution in [3.63, 3.8) is 0 Å². The standard InChI is InChI=1S/C18H29N3O3S/c1-20(14-16-8-4-3-5-9-16)12-7-11-19-18(22)17-10-6-13-21(15-17)25(2,23)24/h3-5,8-9,17H,6-7,10-15H2,1-2H3,(H,19,22). The lowest BCUT2D eigenvalue weighted by atomic mass is 9.99. The zero-order valence-electron chi connectivity index (χ0n) is 15.1. The third-order valence-corrected chi connectivity index (χ3v) is 5.80. The summed E-state index contributed by atoms with van der Waals surface area (Å²) in [7, 11) is -1.14. The van der Waals surface area contributed by atoms with E-state index in [1.54, 1.807) is 0 Å². The summed E-state index contributed by atoms with van der Waals surface area (Å²) in [5.74, 6) is -0.260. The number of nitrogens with zero attached hydrogens (tertiary/aromatic N) is 2. The first kappa shape index (κ1) is 19.9. The van der Waals surface area contributed by atoms with Gasteiger partial charge in [-0.15, -0.1) is 0 Å². The molecule has 1 saturated heterocycles. The molecule has 0 aromatic heterocycles. The predicted molar refractivity (Wildman–Crippen MR) is 99.5 cm³/mol. The van der Waals surface area contributed by atoms with Crippen molar-refractivity contribution in [3.05, 3.63) is 35.9 Å². The van der Waals surface area contributed by atoms with Gasteiger partial charge in [-0.25, -0.2) is 12.7 Å². The van der Waals surface area contributed by atoms with Gasteiger partial charge in [0.1, 0.15) is 0 Å². The first-order valence-electron chi connectivity index (χ1n) is 8.81. The van der Waals surface area contributed by atoms with E-state index >= 15 is 0 Å². The zero-order chi connectivity index (χ0) is 18.3. The summed E-state index contributed by atoms with van der Waals surface area (Å²) >= 11 is 0. The highest BCUT2D eigenvalue weighted by atomic mass is 32.2. The largest absolute Gasteiger partial charge is 0.356 e. The minimum Gasteiger partial charge on any atom is -0.356 e. The number of amides is 1. The van der Waals surface area contributed by atoms with Gasteiger partial charge in [-0.3, -0.25) is 4.79 Å². The van der Waals surface area contributed by atoms with E-state index in [0.717, 1.165) is 32.4 Å². The molecule has 0 bridgehead atoms. The monoisotopic (exact) mass is 367 g/mol. The molecular weight excluding hydrogens is 338 g/mol. The highest BCUT2D eigenvalue weighted by Gasteiger charge is 2.29. The number of rotatable bonds is 8. The molecule has 1 aromatic carbocycles. The summed E-state index contributed by atoms with van der Waals surface area (Å²) in [6.07, 6.45) is 3.57. The van der Waals surface area contributed by atoms with Crippen molar-refractivity contribution in [3.8, 4) is 0 Å². The smallest absolute Gasteiger partial charge is 0.224 e. The predicted octanol–water partition coefficient (Wildman–Crippen LogP) is 1.30. The summed E-state index contributed by atoms with van der Waals surface area (Å²) in [5, 5.41) is 2.96. The second kappa shape index (κ2) is 9.31. The van der Waals surface area contributed by atoms with Crippen molar-refractivity contribution >= 4 is 15.9 Å². The van der Waals surface area contributed by atoms with Gasteiger partial charge in [-0.05, 0) is 38.4 Å². The Balaban J connectivity index is 1.66. The maximum Gasteiger partial charge on any atom is 0.224 e. The molecule has 25 heavy (non-hydrogen) atoms. The quantitative estimate of drug-likeness (QED) is 0.703. The van der Waals surface area contributed by atoms with Crippen LogP contribution < -0.4 is 5.32 Å². The van der Waals surface area contributed by atoms with Crippen LogP contribution in [0.4, 0.5) is 0 Å². The Morgan fingerprint density at radius 1 is 1.32 bits per heavy atom. The molecule has 1 aromatic rings. The van der Waals surface area contributed by atoms with Crippen LogP contribution in [0, 0.1) is 5.92 Å². The van der Waals surface area contributed by atoms with Crippen LogP contribution in [-0.2, 0) is 21.4 Å². The number of carbonyl (C=O) groups excluding carboxylic acids is 1. The van der Waals surface area contributed by atoms with Crippen molar-refractivity contribution in [2.24, 2.45) is 5.92 Å². The molecule has 140 valence electrons. The van der Waals surface area contributed by atoms with Crippen LogP contribution in [0.1, 0.15) is 24.8 Å². The fraction of sp³-hybridized carbons (Fsp3) is 0.611. The van der Waals surface area contributed by atoms with Crippen LogP contribution in [0.2, 0.25) is 0 Å². The lowest BCUT2D eigenvalue weighted by molar-refractivity contribution is -0.126. The third kappa shape index (κ3) is 6.76. The molecule has 1 amide bonds. The lowest BCUT2D eigenvalue weighted by Crippen LogP contribution is -2.45. The molecule has 7 heteroatoms. The maximum atomic E-state index is 12.3. The zero-order valence-corrected chi connectivity index (χ0v) is 16.0. The van der Waals surface area contributed by atoms with Crippen molar-refractivity contribution in [2.75, 3.05) is 39.5 Å². The molecule has 1 fully saturated rings. The Hall–Kier alpha value is -1.44. The fourth-order valence-corrected chi connectivity index (χ4v) is 4.05. The summed E-state index contributed by atoms with van der Waals surface area (Å²) < 4.78 is 24.7. The normalized spacial score (nSPS) is 19.1. The number of carbonyl (C=O) groups is 1. The molecule has 1 atom stereocenters. The molecule has 1 unspecified atom stereocenters. The number of nitrogens with one attached hydrogen (secondary N) is 1. The van der Waals surface area contributed by atoms with E-state index in [-0.39, 0.29) is 11.8 Å². The summed E-state index contributed by atoms with van der Waals surface area (Å²) in [5.41, 5.74) is 1.28. The van der Waals surface area contributed by atoms with Crippen LogP contribution in [0.15, 0.2) is 30.3 Å². The van der Waals surface area contributed by atoms with Gasteiger partial charge >= 0.3 is 0 Å². The Labute approximate surface area is 151 Å². The maximum absolute atomic E-state index is 12.3. The molecule has 1 aliphatic rings. The molecule has 1 aliphatic heterocycles. The van der Waals surface area contributed by atoms with Gasteiger partial charge in [0.2, 0.25) is 15.9 Å². The second-order valence-corrected chi connectivity index (χ2v) is 8.81. The van der Waals surface area contributed by atoms with Crippen LogP contribution in [-0.4, -0.2) is 63.0 Å². The van der Waals surface area contributed by atoms with Crippen molar-refractivity contribution in [1.29, 1.82) is 0 Å². The Morgan fingerprint density at radius 3 is 2.72 bits per heavy atom. The van der Waals surface area contributed by atoms with Gasteiger partial charge < -0.3 is 10.2 Å². The van der Waals surface area contributed by atoms with Crippen LogP contribution in [0.25, 0.3) is 0 Å². The number of hydrogen-bond donors (Lipinski definition) is 1. The van der Waals surface area contributed by atoms with Crippen molar-refractivity contribution < 1.29 is 13.2 Å². The molecule has 0 radical (unpaired) electrons. The van der Waals surface area contributed by atoms with Gasteiger partial charge in [0.25, 0.3) is 0 Å². The highest BCUT2D eigenvalue weighted by molar-refractivity contribution is 7.88. The first-order valence-corrected chi connectivity index (χ1v) is 10.7. The summed E-state index contributed by atoms with van der Waals surface area (Å²) in [6.45, 7) is 3.23. The van der Waals surface area contributed by atoms with Gasteiger partial charge in [-0.1, -0.05) is 30.3 Å². The van der Waals surface area contributed by atoms with E-state index in [4.69, 9.17) is 0 Å². The SMILES string of the molecule is CN(CCCNC(=O)C1CCCN(S(C)(=O)=O)C1)Cc1ccccc1. The fourth-order valence-electron chi connectivity index (χ4n) is 3.14. The highest BCUT2D eigenvalue weighted by Crippen LogP contribution is 2.18. The van der Waals surface area contributed by atoms with E-state index in [0.29, 0.717) is 19.6 Å². The molecule has 0 aliphatic carbocycles. The first-order chi connectivity index (χ1) is 11.9. The topological polar surface area (TPSA) is 69.7 Å². The van der Waals surface area contributed by atoms with E-state index < -0.39 is 10.0 Å². The molecule has 1 heterocycles. The van der Waals surface area contributed by atoms with Crippen LogP contribution in [0.3, 0.4) is 0 Å². The Bertz CT molecular complexity index is 649. The van der Waals surface area contributed by atoms with Crippen molar-refractivity contribution in [1.82, 2.24) is 14.5 Å². The number of hydrogen-bond acceptors (Lipinski definition) is 4. The minimum atomic E-state index is -3.21. The average molecular weight is 368 g/mol. The second-order valence-electron chi connectivity index (χ2n) is 6.83. The van der Waals surface area contributed by atoms with Gasteiger partial charge in [-0.2, -0.15) is 0 Å². The molecule has 1 N–H and O–H groups in total. The lowest BCUT2D eigenvalue weighted by Gasteiger charge is -2.30. The molecule has 6 nitrogen and oxygen atoms in total. The van der Waals surface area contributed by atoms with Gasteiger partial charge in [0, 0.05) is 26.2 Å². The average Bonchev–Trinajstić information content (AvgIpc) is 2.59. The minimum absolute atomic E-state index is 0.0286. The van der Waals surface area contributed by atoms with E-state index in [1.807, 2.05) is 18.2 Å². The summed E-state index contributed by atoms with van der Waals surface area (Å²) in [6, 6.07) is 10.3. The van der Waals surface area contributed by atoms with E-state index in [2.05, 4.69) is 29.4 Å². The van der Waals surface area contributed by atoms with Gasteiger partial charge in [0.15, 0.2) is 0 Å². The van der Waals surface area contributed by atoms with Crippen LogP contribution in [0.5, 0.6) is 0 Å².